The molecule has 3 N–H and O–H groups in total. The van der Waals surface area contributed by atoms with Gasteiger partial charge < -0.3 is 10.3 Å². The first-order chi connectivity index (χ1) is 11.0. The Kier molecular flexibility index (Phi) is 4.87. The molecule has 0 atom stereocenters. The topological polar surface area (TPSA) is 91.1 Å². The van der Waals surface area contributed by atoms with Crippen molar-refractivity contribution in [3.63, 3.8) is 0 Å². The maximum atomic E-state index is 12.6. The number of benzene rings is 1. The summed E-state index contributed by atoms with van der Waals surface area (Å²) in [5, 5.41) is 2.73. The molecule has 24 heavy (non-hydrogen) atoms. The number of H-pyrrole nitrogens is 1. The highest BCUT2D eigenvalue weighted by molar-refractivity contribution is 7.89. The van der Waals surface area contributed by atoms with Crippen LogP contribution in [0.5, 0.6) is 0 Å². The molecule has 7 heteroatoms. The summed E-state index contributed by atoms with van der Waals surface area (Å²) in [6.45, 7) is 8.88. The Bertz CT molecular complexity index is 861. The van der Waals surface area contributed by atoms with Crippen LogP contribution in [0.4, 0.5) is 5.69 Å². The van der Waals surface area contributed by atoms with Crippen LogP contribution in [0.15, 0.2) is 35.4 Å². The first kappa shape index (κ1) is 18.2. The number of hydrogen-bond donors (Lipinski definition) is 3. The van der Waals surface area contributed by atoms with Crippen LogP contribution in [0.25, 0.3) is 0 Å². The van der Waals surface area contributed by atoms with Crippen molar-refractivity contribution < 1.29 is 13.2 Å². The van der Waals surface area contributed by atoms with E-state index in [9.17, 15) is 13.2 Å². The lowest BCUT2D eigenvalue weighted by molar-refractivity contribution is 0.102. The van der Waals surface area contributed by atoms with Crippen LogP contribution in [0.1, 0.15) is 42.4 Å². The van der Waals surface area contributed by atoms with Gasteiger partial charge in [0.2, 0.25) is 10.0 Å². The molecule has 0 saturated heterocycles. The van der Waals surface area contributed by atoms with Gasteiger partial charge in [-0.1, -0.05) is 6.07 Å². The lowest BCUT2D eigenvalue weighted by Crippen LogP contribution is -2.40. The van der Waals surface area contributed by atoms with E-state index < -0.39 is 15.6 Å². The molecule has 1 aromatic heterocycles. The first-order valence-corrected chi connectivity index (χ1v) is 9.08. The molecule has 6 nitrogen and oxygen atoms in total. The zero-order chi connectivity index (χ0) is 18.1. The van der Waals surface area contributed by atoms with Crippen LogP contribution in [0.3, 0.4) is 0 Å². The minimum absolute atomic E-state index is 0.151. The summed E-state index contributed by atoms with van der Waals surface area (Å²) in [4.78, 5) is 15.3. The van der Waals surface area contributed by atoms with Crippen LogP contribution >= 0.6 is 0 Å². The molecular formula is C17H23N3O3S. The van der Waals surface area contributed by atoms with Crippen molar-refractivity contribution in [2.75, 3.05) is 5.32 Å². The van der Waals surface area contributed by atoms with E-state index in [0.29, 0.717) is 16.9 Å². The number of hydrogen-bond acceptors (Lipinski definition) is 3. The van der Waals surface area contributed by atoms with Gasteiger partial charge in [0.25, 0.3) is 5.91 Å². The maximum absolute atomic E-state index is 12.6. The van der Waals surface area contributed by atoms with Gasteiger partial charge in [0.1, 0.15) is 5.69 Å². The van der Waals surface area contributed by atoms with Crippen LogP contribution < -0.4 is 10.0 Å². The van der Waals surface area contributed by atoms with Crippen LogP contribution in [-0.2, 0) is 10.0 Å². The SMILES string of the molecule is Cc1ccc(NC(=O)c2[nH]ccc2C)cc1S(=O)(=O)NC(C)(C)C. The van der Waals surface area contributed by atoms with Gasteiger partial charge in [-0.05, 0) is 63.9 Å². The second-order valence-electron chi connectivity index (χ2n) is 6.83. The molecule has 0 bridgehead atoms. The Morgan fingerprint density at radius 1 is 1.08 bits per heavy atom. The quantitative estimate of drug-likeness (QED) is 0.792. The highest BCUT2D eigenvalue weighted by Crippen LogP contribution is 2.22. The maximum Gasteiger partial charge on any atom is 0.272 e. The fourth-order valence-electron chi connectivity index (χ4n) is 2.31. The lowest BCUT2D eigenvalue weighted by atomic mass is 10.1. The van der Waals surface area contributed by atoms with Gasteiger partial charge in [-0.2, -0.15) is 0 Å². The van der Waals surface area contributed by atoms with Crippen molar-refractivity contribution >= 4 is 21.6 Å². The molecule has 0 aliphatic carbocycles. The molecule has 0 fully saturated rings. The Labute approximate surface area is 142 Å². The van der Waals surface area contributed by atoms with Crippen LogP contribution in [0.2, 0.25) is 0 Å². The second-order valence-corrected chi connectivity index (χ2v) is 8.48. The Morgan fingerprint density at radius 3 is 2.29 bits per heavy atom. The molecule has 2 rings (SSSR count). The molecular weight excluding hydrogens is 326 g/mol. The van der Waals surface area contributed by atoms with E-state index in [4.69, 9.17) is 0 Å². The van der Waals surface area contributed by atoms with Crippen molar-refractivity contribution in [3.8, 4) is 0 Å². The number of amides is 1. The number of rotatable bonds is 4. The molecule has 0 spiro atoms. The van der Waals surface area contributed by atoms with E-state index in [1.807, 2.05) is 6.92 Å². The standard InChI is InChI=1S/C17H23N3O3S/c1-11-6-7-13(19-16(21)15-12(2)8-9-18-15)10-14(11)24(22,23)20-17(3,4)5/h6-10,18,20H,1-5H3,(H,19,21). The third kappa shape index (κ3) is 4.24. The summed E-state index contributed by atoms with van der Waals surface area (Å²) in [6.07, 6.45) is 1.68. The molecule has 0 aliphatic rings. The Hall–Kier alpha value is -2.12. The Morgan fingerprint density at radius 2 is 1.75 bits per heavy atom. The summed E-state index contributed by atoms with van der Waals surface area (Å²) in [7, 11) is -3.68. The number of carbonyl (C=O) groups is 1. The summed E-state index contributed by atoms with van der Waals surface area (Å²) < 4.78 is 27.7. The predicted octanol–water partition coefficient (Wildman–Crippen LogP) is 2.96. The van der Waals surface area contributed by atoms with Crippen molar-refractivity contribution in [3.05, 3.63) is 47.3 Å². The van der Waals surface area contributed by atoms with E-state index in [1.165, 1.54) is 6.07 Å². The number of aromatic nitrogens is 1. The van der Waals surface area contributed by atoms with E-state index in [-0.39, 0.29) is 10.8 Å². The molecule has 130 valence electrons. The summed E-state index contributed by atoms with van der Waals surface area (Å²) in [5.41, 5.74) is 1.72. The van der Waals surface area contributed by atoms with Gasteiger partial charge in [-0.15, -0.1) is 0 Å². The number of anilines is 1. The summed E-state index contributed by atoms with van der Waals surface area (Å²) in [6, 6.07) is 6.63. The average Bonchev–Trinajstić information content (AvgIpc) is 2.84. The lowest BCUT2D eigenvalue weighted by Gasteiger charge is -2.21. The van der Waals surface area contributed by atoms with Crippen LogP contribution in [-0.4, -0.2) is 24.8 Å². The average molecular weight is 349 g/mol. The highest BCUT2D eigenvalue weighted by atomic mass is 32.2. The predicted molar refractivity (Wildman–Crippen MR) is 94.7 cm³/mol. The van der Waals surface area contributed by atoms with Crippen molar-refractivity contribution in [2.45, 2.75) is 45.1 Å². The molecule has 1 amide bonds. The third-order valence-corrected chi connectivity index (χ3v) is 5.26. The number of carbonyl (C=O) groups excluding carboxylic acids is 1. The Balaban J connectivity index is 2.32. The third-order valence-electron chi connectivity index (χ3n) is 3.36. The zero-order valence-electron chi connectivity index (χ0n) is 14.5. The van der Waals surface area contributed by atoms with Crippen molar-refractivity contribution in [1.82, 2.24) is 9.71 Å². The summed E-state index contributed by atoms with van der Waals surface area (Å²) in [5.74, 6) is -0.312. The number of aryl methyl sites for hydroxylation is 2. The van der Waals surface area contributed by atoms with E-state index in [2.05, 4.69) is 15.0 Å². The van der Waals surface area contributed by atoms with E-state index >= 15 is 0 Å². The zero-order valence-corrected chi connectivity index (χ0v) is 15.3. The van der Waals surface area contributed by atoms with Crippen molar-refractivity contribution in [2.24, 2.45) is 0 Å². The van der Waals surface area contributed by atoms with Gasteiger partial charge in [0.15, 0.2) is 0 Å². The highest BCUT2D eigenvalue weighted by Gasteiger charge is 2.24. The van der Waals surface area contributed by atoms with Gasteiger partial charge in [0.05, 0.1) is 4.90 Å². The largest absolute Gasteiger partial charge is 0.357 e. The van der Waals surface area contributed by atoms with Crippen LogP contribution in [0, 0.1) is 13.8 Å². The first-order valence-electron chi connectivity index (χ1n) is 7.59. The minimum Gasteiger partial charge on any atom is -0.357 e. The number of aromatic amines is 1. The van der Waals surface area contributed by atoms with Gasteiger partial charge in [-0.3, -0.25) is 4.79 Å². The molecule has 1 heterocycles. The smallest absolute Gasteiger partial charge is 0.272 e. The molecule has 0 radical (unpaired) electrons. The number of nitrogens with one attached hydrogen (secondary N) is 3. The fourth-order valence-corrected chi connectivity index (χ4v) is 4.00. The molecule has 0 unspecified atom stereocenters. The summed E-state index contributed by atoms with van der Waals surface area (Å²) >= 11 is 0. The molecule has 0 saturated carbocycles. The minimum atomic E-state index is -3.68. The van der Waals surface area contributed by atoms with Gasteiger partial charge in [0, 0.05) is 17.4 Å². The normalized spacial score (nSPS) is 12.2. The monoisotopic (exact) mass is 349 g/mol. The van der Waals surface area contributed by atoms with Crippen molar-refractivity contribution in [1.29, 1.82) is 0 Å². The molecule has 0 aliphatic heterocycles. The van der Waals surface area contributed by atoms with Gasteiger partial charge >= 0.3 is 0 Å². The molecule has 2 aromatic rings. The molecule has 1 aromatic carbocycles. The fraction of sp³-hybridized carbons (Fsp3) is 0.353. The van der Waals surface area contributed by atoms with E-state index in [0.717, 1.165) is 5.56 Å². The number of sulfonamides is 1. The van der Waals surface area contributed by atoms with Gasteiger partial charge in [-0.25, -0.2) is 13.1 Å². The second kappa shape index (κ2) is 6.41. The van der Waals surface area contributed by atoms with E-state index in [1.54, 1.807) is 52.1 Å².